The van der Waals surface area contributed by atoms with Crippen molar-refractivity contribution in [2.75, 3.05) is 13.2 Å². The number of ether oxygens (including phenoxy) is 2. The molecule has 0 unspecified atom stereocenters. The second kappa shape index (κ2) is 16.8. The van der Waals surface area contributed by atoms with Crippen LogP contribution in [0.5, 0.6) is 0 Å². The van der Waals surface area contributed by atoms with E-state index in [0.29, 0.717) is 18.7 Å². The number of hydrogen-bond donors (Lipinski definition) is 0. The van der Waals surface area contributed by atoms with Gasteiger partial charge in [-0.1, -0.05) is 76.1 Å². The van der Waals surface area contributed by atoms with E-state index in [-0.39, 0.29) is 13.2 Å². The van der Waals surface area contributed by atoms with Crippen LogP contribution in [0.15, 0.2) is 36.7 Å². The van der Waals surface area contributed by atoms with Crippen LogP contribution in [0.25, 0.3) is 11.4 Å². The molecule has 2 rings (SSSR count). The van der Waals surface area contributed by atoms with E-state index >= 15 is 0 Å². The third-order valence-corrected chi connectivity index (χ3v) is 6.10. The van der Waals surface area contributed by atoms with E-state index in [4.69, 9.17) is 9.47 Å². The monoisotopic (exact) mass is 482 g/mol. The number of benzene rings is 1. The lowest BCUT2D eigenvalue weighted by Crippen LogP contribution is -2.28. The van der Waals surface area contributed by atoms with Crippen LogP contribution >= 0.6 is 0 Å². The molecule has 2 aromatic rings. The lowest BCUT2D eigenvalue weighted by Gasteiger charge is -2.14. The molecular formula is C29H42N2O4. The molecule has 35 heavy (non-hydrogen) atoms. The van der Waals surface area contributed by atoms with Gasteiger partial charge in [0.2, 0.25) is 0 Å². The second-order valence-electron chi connectivity index (χ2n) is 8.93. The summed E-state index contributed by atoms with van der Waals surface area (Å²) >= 11 is 0. The van der Waals surface area contributed by atoms with Gasteiger partial charge < -0.3 is 9.47 Å². The Labute approximate surface area is 210 Å². The van der Waals surface area contributed by atoms with Crippen molar-refractivity contribution in [2.45, 2.75) is 91.4 Å². The number of nitrogens with zero attached hydrogens (tertiary/aromatic N) is 2. The third-order valence-electron chi connectivity index (χ3n) is 6.10. The average molecular weight is 483 g/mol. The fourth-order valence-electron chi connectivity index (χ4n) is 4.05. The van der Waals surface area contributed by atoms with Gasteiger partial charge in [-0.25, -0.2) is 9.97 Å². The van der Waals surface area contributed by atoms with Crippen LogP contribution in [0.1, 0.15) is 89.7 Å². The molecule has 6 nitrogen and oxygen atoms in total. The van der Waals surface area contributed by atoms with Gasteiger partial charge in [0, 0.05) is 18.0 Å². The quantitative estimate of drug-likeness (QED) is 0.145. The smallest absolute Gasteiger partial charge is 0.320 e. The van der Waals surface area contributed by atoms with Gasteiger partial charge >= 0.3 is 11.9 Å². The Kier molecular flexibility index (Phi) is 13.7. The summed E-state index contributed by atoms with van der Waals surface area (Å²) in [4.78, 5) is 33.4. The van der Waals surface area contributed by atoms with Crippen LogP contribution in [-0.4, -0.2) is 35.1 Å². The first-order valence-corrected chi connectivity index (χ1v) is 13.3. The maximum atomic E-state index is 12.2. The summed E-state index contributed by atoms with van der Waals surface area (Å²) in [6.45, 7) is 6.18. The van der Waals surface area contributed by atoms with Crippen LogP contribution in [0.2, 0.25) is 0 Å². The Bertz CT molecular complexity index is 847. The van der Waals surface area contributed by atoms with E-state index in [9.17, 15) is 9.59 Å². The van der Waals surface area contributed by atoms with Crippen molar-refractivity contribution in [2.24, 2.45) is 5.92 Å². The highest BCUT2D eigenvalue weighted by Gasteiger charge is 2.29. The highest BCUT2D eigenvalue weighted by atomic mass is 16.6. The van der Waals surface area contributed by atoms with Crippen LogP contribution in [0.4, 0.5) is 0 Å². The summed E-state index contributed by atoms with van der Waals surface area (Å²) in [5.74, 6) is -1.25. The molecule has 0 aliphatic rings. The van der Waals surface area contributed by atoms with Gasteiger partial charge in [-0.15, -0.1) is 0 Å². The largest absolute Gasteiger partial charge is 0.465 e. The zero-order chi connectivity index (χ0) is 25.3. The van der Waals surface area contributed by atoms with E-state index < -0.39 is 17.9 Å². The van der Waals surface area contributed by atoms with Crippen molar-refractivity contribution in [1.82, 2.24) is 9.97 Å². The Morgan fingerprint density at radius 3 is 1.80 bits per heavy atom. The van der Waals surface area contributed by atoms with Gasteiger partial charge in [-0.2, -0.15) is 0 Å². The molecule has 0 saturated carbocycles. The number of aromatic nitrogens is 2. The molecule has 0 aliphatic heterocycles. The predicted molar refractivity (Wildman–Crippen MR) is 139 cm³/mol. The summed E-state index contributed by atoms with van der Waals surface area (Å²) in [5.41, 5.74) is 3.15. The number of rotatable bonds is 17. The molecule has 0 N–H and O–H groups in total. The Morgan fingerprint density at radius 2 is 1.26 bits per heavy atom. The first-order chi connectivity index (χ1) is 17.1. The van der Waals surface area contributed by atoms with Crippen LogP contribution in [0.3, 0.4) is 0 Å². The second-order valence-corrected chi connectivity index (χ2v) is 8.93. The van der Waals surface area contributed by atoms with E-state index in [2.05, 4.69) is 16.9 Å². The average Bonchev–Trinajstić information content (AvgIpc) is 2.87. The number of carbonyl (C=O) groups excluding carboxylic acids is 2. The molecule has 1 heterocycles. The van der Waals surface area contributed by atoms with Crippen molar-refractivity contribution < 1.29 is 19.1 Å². The number of unbranched alkanes of at least 4 members (excludes halogenated alkanes) is 7. The summed E-state index contributed by atoms with van der Waals surface area (Å²) in [5, 5.41) is 0. The number of hydrogen-bond acceptors (Lipinski definition) is 6. The van der Waals surface area contributed by atoms with Crippen LogP contribution in [-0.2, 0) is 31.9 Å². The van der Waals surface area contributed by atoms with Crippen molar-refractivity contribution in [1.29, 1.82) is 0 Å². The highest BCUT2D eigenvalue weighted by molar-refractivity contribution is 5.94. The molecule has 0 saturated heterocycles. The normalized spacial score (nSPS) is 11.0. The molecule has 0 amide bonds. The maximum absolute atomic E-state index is 12.2. The van der Waals surface area contributed by atoms with Crippen LogP contribution < -0.4 is 0 Å². The van der Waals surface area contributed by atoms with Crippen LogP contribution in [0, 0.1) is 5.92 Å². The van der Waals surface area contributed by atoms with Crippen molar-refractivity contribution >= 4 is 11.9 Å². The molecule has 0 spiro atoms. The standard InChI is InChI=1S/C29H42N2O4/c1-4-7-8-9-10-11-12-13-14-24-21-30-27(31-22-24)25-18-15-23(16-19-25)17-20-26(28(32)34-5-2)29(33)35-6-3/h15-16,18-19,21-22,26H,4-14,17,20H2,1-3H3. The molecule has 1 aromatic heterocycles. The van der Waals surface area contributed by atoms with Gasteiger partial charge in [0.1, 0.15) is 0 Å². The van der Waals surface area contributed by atoms with Crippen molar-refractivity contribution in [3.05, 3.63) is 47.8 Å². The van der Waals surface area contributed by atoms with E-state index in [0.717, 1.165) is 17.5 Å². The zero-order valence-corrected chi connectivity index (χ0v) is 21.8. The summed E-state index contributed by atoms with van der Waals surface area (Å²) in [6, 6.07) is 7.93. The van der Waals surface area contributed by atoms with E-state index in [1.54, 1.807) is 13.8 Å². The zero-order valence-electron chi connectivity index (χ0n) is 21.8. The Hall–Kier alpha value is -2.76. The Morgan fingerprint density at radius 1 is 0.714 bits per heavy atom. The molecule has 0 bridgehead atoms. The van der Waals surface area contributed by atoms with Crippen molar-refractivity contribution in [3.63, 3.8) is 0 Å². The summed E-state index contributed by atoms with van der Waals surface area (Å²) < 4.78 is 10.1. The SMILES string of the molecule is CCCCCCCCCCc1cnc(-c2ccc(CCC(C(=O)OCC)C(=O)OCC)cc2)nc1. The minimum absolute atomic E-state index is 0.237. The molecule has 0 fully saturated rings. The van der Waals surface area contributed by atoms with Gasteiger partial charge in [-0.3, -0.25) is 9.59 Å². The summed E-state index contributed by atoms with van der Waals surface area (Å²) in [7, 11) is 0. The molecule has 192 valence electrons. The minimum Gasteiger partial charge on any atom is -0.465 e. The number of aryl methyl sites for hydroxylation is 2. The Balaban J connectivity index is 1.81. The fourth-order valence-corrected chi connectivity index (χ4v) is 4.05. The van der Waals surface area contributed by atoms with Gasteiger partial charge in [0.05, 0.1) is 13.2 Å². The molecule has 0 aliphatic carbocycles. The maximum Gasteiger partial charge on any atom is 0.320 e. The fraction of sp³-hybridized carbons (Fsp3) is 0.586. The molecular weight excluding hydrogens is 440 g/mol. The van der Waals surface area contributed by atoms with E-state index in [1.165, 1.54) is 56.9 Å². The van der Waals surface area contributed by atoms with E-state index in [1.807, 2.05) is 36.7 Å². The topological polar surface area (TPSA) is 78.4 Å². The summed E-state index contributed by atoms with van der Waals surface area (Å²) in [6.07, 6.45) is 16.3. The van der Waals surface area contributed by atoms with Gasteiger partial charge in [-0.05, 0) is 50.7 Å². The first-order valence-electron chi connectivity index (χ1n) is 13.3. The lowest BCUT2D eigenvalue weighted by atomic mass is 9.98. The molecule has 0 atom stereocenters. The highest BCUT2D eigenvalue weighted by Crippen LogP contribution is 2.19. The van der Waals surface area contributed by atoms with Crippen molar-refractivity contribution in [3.8, 4) is 11.4 Å². The predicted octanol–water partition coefficient (Wildman–Crippen LogP) is 6.50. The first kappa shape index (κ1) is 28.5. The minimum atomic E-state index is -0.897. The lowest BCUT2D eigenvalue weighted by molar-refractivity contribution is -0.161. The van der Waals surface area contributed by atoms with Gasteiger partial charge in [0.15, 0.2) is 11.7 Å². The van der Waals surface area contributed by atoms with Gasteiger partial charge in [0.25, 0.3) is 0 Å². The molecule has 0 radical (unpaired) electrons. The number of carbonyl (C=O) groups is 2. The molecule has 6 heteroatoms. The molecule has 1 aromatic carbocycles. The number of esters is 2. The third kappa shape index (κ3) is 10.6.